The van der Waals surface area contributed by atoms with E-state index in [9.17, 15) is 22.7 Å². The van der Waals surface area contributed by atoms with Crippen molar-refractivity contribution in [3.63, 3.8) is 0 Å². The van der Waals surface area contributed by atoms with Gasteiger partial charge in [-0.2, -0.15) is 5.10 Å². The molecule has 0 aliphatic carbocycles. The van der Waals surface area contributed by atoms with Gasteiger partial charge < -0.3 is 14.4 Å². The number of benzene rings is 2. The summed E-state index contributed by atoms with van der Waals surface area (Å²) >= 11 is 0. The number of hydrogen-bond acceptors (Lipinski definition) is 6. The highest BCUT2D eigenvalue weighted by atomic mass is 19.1. The van der Waals surface area contributed by atoms with Crippen LogP contribution in [0.1, 0.15) is 18.2 Å². The normalized spacial score (nSPS) is 14.2. The summed E-state index contributed by atoms with van der Waals surface area (Å²) in [5.74, 6) is -3.10. The van der Waals surface area contributed by atoms with Gasteiger partial charge in [-0.1, -0.05) is 11.2 Å². The van der Waals surface area contributed by atoms with Gasteiger partial charge in [-0.25, -0.2) is 27.2 Å². The maximum Gasteiger partial charge on any atom is 0.163 e. The molecule has 33 heavy (non-hydrogen) atoms. The molecule has 1 N–H and O–H groups in total. The van der Waals surface area contributed by atoms with Crippen LogP contribution in [0, 0.1) is 23.3 Å². The molecule has 172 valence electrons. The molecule has 2 aromatic carbocycles. The zero-order valence-electron chi connectivity index (χ0n) is 17.3. The average molecular weight is 462 g/mol. The van der Waals surface area contributed by atoms with Gasteiger partial charge in [0, 0.05) is 29.3 Å². The fourth-order valence-corrected chi connectivity index (χ4v) is 3.38. The van der Waals surface area contributed by atoms with Crippen LogP contribution in [0.5, 0.6) is 0 Å². The van der Waals surface area contributed by atoms with E-state index in [4.69, 9.17) is 9.26 Å². The molecule has 2 heterocycles. The zero-order chi connectivity index (χ0) is 23.6. The van der Waals surface area contributed by atoms with Gasteiger partial charge in [0.1, 0.15) is 53.8 Å². The van der Waals surface area contributed by atoms with E-state index in [2.05, 4.69) is 15.2 Å². The quantitative estimate of drug-likeness (QED) is 0.399. The molecule has 0 fully saturated rings. The topological polar surface area (TPSA) is 86.2 Å². The Bertz CT molecular complexity index is 1250. The summed E-state index contributed by atoms with van der Waals surface area (Å²) in [6.07, 6.45) is 1.54. The lowest BCUT2D eigenvalue weighted by molar-refractivity contribution is -0.126. The number of aromatic nitrogens is 4. The molecule has 0 aliphatic rings. The van der Waals surface area contributed by atoms with Crippen molar-refractivity contribution < 1.29 is 31.9 Å². The van der Waals surface area contributed by atoms with Crippen LogP contribution in [0.25, 0.3) is 11.3 Å². The Morgan fingerprint density at radius 1 is 1.06 bits per heavy atom. The van der Waals surface area contributed by atoms with Gasteiger partial charge in [0.2, 0.25) is 0 Å². The highest BCUT2D eigenvalue weighted by Gasteiger charge is 2.40. The molecule has 2 aromatic heterocycles. The maximum atomic E-state index is 14.6. The number of halogens is 4. The molecule has 0 aliphatic heterocycles. The lowest BCUT2D eigenvalue weighted by atomic mass is 9.88. The molecule has 0 spiro atoms. The second-order valence-corrected chi connectivity index (χ2v) is 7.40. The van der Waals surface area contributed by atoms with E-state index in [1.54, 1.807) is 0 Å². The van der Waals surface area contributed by atoms with Crippen molar-refractivity contribution in [1.82, 2.24) is 19.9 Å². The highest BCUT2D eigenvalue weighted by Crippen LogP contribution is 2.32. The average Bonchev–Trinajstić information content (AvgIpc) is 3.44. The minimum atomic E-state index is -1.96. The molecule has 0 saturated carbocycles. The molecule has 0 radical (unpaired) electrons. The summed E-state index contributed by atoms with van der Waals surface area (Å²) < 4.78 is 67.3. The molecule has 11 heteroatoms. The van der Waals surface area contributed by atoms with Gasteiger partial charge in [-0.05, 0) is 25.1 Å². The van der Waals surface area contributed by atoms with Crippen molar-refractivity contribution in [2.45, 2.75) is 31.8 Å². The number of rotatable bonds is 8. The molecule has 2 atom stereocenters. The fraction of sp³-hybridized carbons (Fsp3) is 0.227. The Kier molecular flexibility index (Phi) is 6.25. The van der Waals surface area contributed by atoms with Crippen LogP contribution in [-0.4, -0.2) is 31.1 Å². The van der Waals surface area contributed by atoms with E-state index in [1.165, 1.54) is 36.4 Å². The third kappa shape index (κ3) is 4.78. The molecule has 4 rings (SSSR count). The summed E-state index contributed by atoms with van der Waals surface area (Å²) in [6, 6.07) is 7.26. The van der Waals surface area contributed by atoms with Crippen LogP contribution in [0.15, 0.2) is 59.6 Å². The van der Waals surface area contributed by atoms with Crippen LogP contribution < -0.4 is 0 Å². The smallest absolute Gasteiger partial charge is 0.163 e. The standard InChI is InChI=1S/C22H18F4N4O3/c1-13(32-9-16-8-21(29-33-16)17-4-2-14(23)6-19(17)25)22(31,10-30-12-27-11-28-30)18-5-3-15(24)7-20(18)26/h2-8,11-13,31H,9-10H2,1H3. The molecule has 4 aromatic rings. The van der Waals surface area contributed by atoms with Gasteiger partial charge in [0.15, 0.2) is 5.76 Å². The first-order chi connectivity index (χ1) is 15.8. The summed E-state index contributed by atoms with van der Waals surface area (Å²) in [5.41, 5.74) is -1.99. The summed E-state index contributed by atoms with van der Waals surface area (Å²) in [7, 11) is 0. The SMILES string of the molecule is CC(OCc1cc(-c2ccc(F)cc2F)no1)C(O)(Cn1cncn1)c1ccc(F)cc1F. The van der Waals surface area contributed by atoms with E-state index in [0.29, 0.717) is 6.07 Å². The molecule has 7 nitrogen and oxygen atoms in total. The van der Waals surface area contributed by atoms with Crippen molar-refractivity contribution in [2.24, 2.45) is 0 Å². The third-order valence-corrected chi connectivity index (χ3v) is 5.18. The minimum Gasteiger partial charge on any atom is -0.380 e. The van der Waals surface area contributed by atoms with E-state index >= 15 is 0 Å². The molecular formula is C22H18F4N4O3. The second-order valence-electron chi connectivity index (χ2n) is 7.40. The number of nitrogens with zero attached hydrogens (tertiary/aromatic N) is 4. The zero-order valence-corrected chi connectivity index (χ0v) is 17.3. The van der Waals surface area contributed by atoms with Crippen molar-refractivity contribution in [2.75, 3.05) is 0 Å². The van der Waals surface area contributed by atoms with Gasteiger partial charge in [-0.15, -0.1) is 0 Å². The van der Waals surface area contributed by atoms with Gasteiger partial charge in [0.05, 0.1) is 12.6 Å². The molecule has 0 bridgehead atoms. The lowest BCUT2D eigenvalue weighted by Crippen LogP contribution is -2.44. The Morgan fingerprint density at radius 2 is 1.79 bits per heavy atom. The van der Waals surface area contributed by atoms with Gasteiger partial charge in [-0.3, -0.25) is 0 Å². The van der Waals surface area contributed by atoms with Gasteiger partial charge >= 0.3 is 0 Å². The van der Waals surface area contributed by atoms with E-state index in [1.807, 2.05) is 0 Å². The van der Waals surface area contributed by atoms with Crippen LogP contribution in [0.4, 0.5) is 17.6 Å². The largest absolute Gasteiger partial charge is 0.380 e. The monoisotopic (exact) mass is 462 g/mol. The molecule has 0 amide bonds. The van der Waals surface area contributed by atoms with Crippen molar-refractivity contribution in [1.29, 1.82) is 0 Å². The molecule has 2 unspecified atom stereocenters. The van der Waals surface area contributed by atoms with E-state index in [0.717, 1.165) is 24.3 Å². The summed E-state index contributed by atoms with van der Waals surface area (Å²) in [6.45, 7) is 1.05. The second kappa shape index (κ2) is 9.12. The Labute approximate surface area is 185 Å². The van der Waals surface area contributed by atoms with Crippen LogP contribution >= 0.6 is 0 Å². The van der Waals surface area contributed by atoms with Crippen LogP contribution in [-0.2, 0) is 23.5 Å². The Morgan fingerprint density at radius 3 is 2.45 bits per heavy atom. The predicted octanol–water partition coefficient (Wildman–Crippen LogP) is 3.98. The fourth-order valence-electron chi connectivity index (χ4n) is 3.38. The summed E-state index contributed by atoms with van der Waals surface area (Å²) in [4.78, 5) is 3.80. The Hall–Kier alpha value is -3.57. The predicted molar refractivity (Wildman–Crippen MR) is 106 cm³/mol. The maximum absolute atomic E-state index is 14.6. The first-order valence-electron chi connectivity index (χ1n) is 9.79. The van der Waals surface area contributed by atoms with Crippen molar-refractivity contribution >= 4 is 0 Å². The number of aliphatic hydroxyl groups is 1. The van der Waals surface area contributed by atoms with E-state index < -0.39 is 35.0 Å². The van der Waals surface area contributed by atoms with Crippen molar-refractivity contribution in [3.05, 3.63) is 89.7 Å². The molecular weight excluding hydrogens is 444 g/mol. The first-order valence-corrected chi connectivity index (χ1v) is 9.79. The third-order valence-electron chi connectivity index (χ3n) is 5.18. The molecule has 0 saturated heterocycles. The number of ether oxygens (including phenoxy) is 1. The highest BCUT2D eigenvalue weighted by molar-refractivity contribution is 5.59. The minimum absolute atomic E-state index is 0.0375. The van der Waals surface area contributed by atoms with E-state index in [-0.39, 0.29) is 35.7 Å². The first kappa shape index (κ1) is 22.6. The summed E-state index contributed by atoms with van der Waals surface area (Å²) in [5, 5.41) is 19.1. The van der Waals surface area contributed by atoms with Crippen molar-refractivity contribution in [3.8, 4) is 11.3 Å². The van der Waals surface area contributed by atoms with Gasteiger partial charge in [0.25, 0.3) is 0 Å². The van der Waals surface area contributed by atoms with Crippen LogP contribution in [0.2, 0.25) is 0 Å². The number of hydrogen-bond donors (Lipinski definition) is 1. The lowest BCUT2D eigenvalue weighted by Gasteiger charge is -2.34. The Balaban J connectivity index is 1.55. The van der Waals surface area contributed by atoms with Crippen LogP contribution in [0.3, 0.4) is 0 Å².